The Labute approximate surface area is 160 Å². The molecule has 0 aromatic heterocycles. The van der Waals surface area contributed by atoms with Gasteiger partial charge in [-0.3, -0.25) is 4.72 Å². The summed E-state index contributed by atoms with van der Waals surface area (Å²) in [7, 11) is -1.86. The molecule has 0 heterocycles. The summed E-state index contributed by atoms with van der Waals surface area (Å²) >= 11 is 0. The van der Waals surface area contributed by atoms with E-state index >= 15 is 0 Å². The van der Waals surface area contributed by atoms with Crippen LogP contribution in [0.2, 0.25) is 0 Å². The van der Waals surface area contributed by atoms with E-state index in [2.05, 4.69) is 10.0 Å². The molecule has 0 unspecified atom stereocenters. The van der Waals surface area contributed by atoms with Crippen molar-refractivity contribution < 1.29 is 23.4 Å². The number of nitrogens with one attached hydrogen (secondary N) is 2. The Morgan fingerprint density at radius 3 is 2.37 bits per heavy atom. The maximum absolute atomic E-state index is 11.3. The molecule has 0 saturated carbocycles. The third kappa shape index (κ3) is 6.42. The van der Waals surface area contributed by atoms with Crippen molar-refractivity contribution in [3.8, 4) is 11.5 Å². The van der Waals surface area contributed by atoms with Gasteiger partial charge >= 0.3 is 0 Å². The van der Waals surface area contributed by atoms with Crippen LogP contribution in [0.1, 0.15) is 24.2 Å². The Balaban J connectivity index is 1.91. The number of anilines is 1. The topological polar surface area (TPSA) is 108 Å². The van der Waals surface area contributed by atoms with Crippen molar-refractivity contribution in [2.24, 2.45) is 0 Å². The molecule has 2 atom stereocenters. The predicted molar refractivity (Wildman–Crippen MR) is 106 cm³/mol. The number of aliphatic hydroxyl groups is 1. The number of aliphatic hydroxyl groups excluding tert-OH is 1. The van der Waals surface area contributed by atoms with Gasteiger partial charge in [-0.1, -0.05) is 18.2 Å². The Bertz CT molecular complexity index is 853. The van der Waals surface area contributed by atoms with Crippen LogP contribution in [0.4, 0.5) is 5.69 Å². The lowest BCUT2D eigenvalue weighted by molar-refractivity contribution is 0.136. The molecule has 0 spiro atoms. The second-order valence-corrected chi connectivity index (χ2v) is 8.18. The molecule has 4 N–H and O–H groups in total. The Morgan fingerprint density at radius 1 is 1.15 bits per heavy atom. The third-order valence-corrected chi connectivity index (χ3v) is 4.76. The summed E-state index contributed by atoms with van der Waals surface area (Å²) in [6.45, 7) is 2.52. The molecule has 0 fully saturated rings. The standard InChI is InChI=1S/C19H26N2O5S/c1-13(20-11-10-14-4-7-16(26-2)8-5-14)19(23)15-6-9-17(18(22)12-15)21-27(3,24)25/h4-9,12-13,19-23H,10-11H2,1-3H3/t13-,19+/m0/s1. The van der Waals surface area contributed by atoms with E-state index in [9.17, 15) is 18.6 Å². The van der Waals surface area contributed by atoms with Crippen LogP contribution in [0.5, 0.6) is 11.5 Å². The molecule has 0 aliphatic heterocycles. The number of phenolic OH excluding ortho intramolecular Hbond substituents is 1. The summed E-state index contributed by atoms with van der Waals surface area (Å²) in [5, 5.41) is 23.7. The number of benzene rings is 2. The van der Waals surface area contributed by atoms with Gasteiger partial charge in [-0.15, -0.1) is 0 Å². The maximum atomic E-state index is 11.3. The third-order valence-electron chi connectivity index (χ3n) is 4.17. The van der Waals surface area contributed by atoms with Gasteiger partial charge in [0.1, 0.15) is 11.5 Å². The molecule has 2 aromatic carbocycles. The highest BCUT2D eigenvalue weighted by Crippen LogP contribution is 2.29. The van der Waals surface area contributed by atoms with Gasteiger partial charge in [0.2, 0.25) is 10.0 Å². The minimum atomic E-state index is -3.48. The van der Waals surface area contributed by atoms with Crippen LogP contribution < -0.4 is 14.8 Å². The van der Waals surface area contributed by atoms with Gasteiger partial charge in [0.05, 0.1) is 25.2 Å². The predicted octanol–water partition coefficient (Wildman–Crippen LogP) is 2.03. The fraction of sp³-hybridized carbons (Fsp3) is 0.368. The fourth-order valence-electron chi connectivity index (χ4n) is 2.66. The van der Waals surface area contributed by atoms with E-state index < -0.39 is 16.1 Å². The summed E-state index contributed by atoms with van der Waals surface area (Å²) in [5.41, 5.74) is 1.73. The summed E-state index contributed by atoms with van der Waals surface area (Å²) in [6.07, 6.45) is 0.951. The minimum absolute atomic E-state index is 0.0774. The first-order valence-corrected chi connectivity index (χ1v) is 10.4. The monoisotopic (exact) mass is 394 g/mol. The minimum Gasteiger partial charge on any atom is -0.506 e. The lowest BCUT2D eigenvalue weighted by Gasteiger charge is -2.21. The van der Waals surface area contributed by atoms with E-state index in [4.69, 9.17) is 4.74 Å². The van der Waals surface area contributed by atoms with Crippen LogP contribution in [0, 0.1) is 0 Å². The lowest BCUT2D eigenvalue weighted by Crippen LogP contribution is -2.33. The number of sulfonamides is 1. The SMILES string of the molecule is COc1ccc(CCN[C@@H](C)[C@@H](O)c2ccc(NS(C)(=O)=O)c(O)c2)cc1. The van der Waals surface area contributed by atoms with Crippen molar-refractivity contribution in [2.45, 2.75) is 25.5 Å². The number of phenols is 1. The molecule has 0 bridgehead atoms. The van der Waals surface area contributed by atoms with Crippen LogP contribution >= 0.6 is 0 Å². The Kier molecular flexibility index (Phi) is 7.06. The molecular formula is C19H26N2O5S. The molecular weight excluding hydrogens is 368 g/mol. The average molecular weight is 394 g/mol. The molecule has 0 saturated heterocycles. The second-order valence-electron chi connectivity index (χ2n) is 6.44. The van der Waals surface area contributed by atoms with E-state index in [-0.39, 0.29) is 17.5 Å². The molecule has 8 heteroatoms. The number of aromatic hydroxyl groups is 1. The van der Waals surface area contributed by atoms with Gasteiger partial charge in [0.25, 0.3) is 0 Å². The highest BCUT2D eigenvalue weighted by atomic mass is 32.2. The van der Waals surface area contributed by atoms with Crippen molar-refractivity contribution in [1.82, 2.24) is 5.32 Å². The van der Waals surface area contributed by atoms with Crippen molar-refractivity contribution in [3.05, 3.63) is 53.6 Å². The molecule has 2 rings (SSSR count). The van der Waals surface area contributed by atoms with Crippen molar-refractivity contribution in [3.63, 3.8) is 0 Å². The van der Waals surface area contributed by atoms with Crippen LogP contribution in [-0.4, -0.2) is 44.6 Å². The van der Waals surface area contributed by atoms with Gasteiger partial charge in [-0.05, 0) is 55.3 Å². The molecule has 2 aromatic rings. The highest BCUT2D eigenvalue weighted by molar-refractivity contribution is 7.92. The second kappa shape index (κ2) is 9.07. The maximum Gasteiger partial charge on any atom is 0.229 e. The van der Waals surface area contributed by atoms with Crippen molar-refractivity contribution in [2.75, 3.05) is 24.6 Å². The number of methoxy groups -OCH3 is 1. The number of ether oxygens (including phenoxy) is 1. The van der Waals surface area contributed by atoms with E-state index in [0.29, 0.717) is 12.1 Å². The Morgan fingerprint density at radius 2 is 1.81 bits per heavy atom. The molecule has 0 aliphatic carbocycles. The Hall–Kier alpha value is -2.29. The summed E-state index contributed by atoms with van der Waals surface area (Å²) in [6, 6.07) is 11.9. The van der Waals surface area contributed by atoms with Crippen molar-refractivity contribution in [1.29, 1.82) is 0 Å². The van der Waals surface area contributed by atoms with E-state index in [0.717, 1.165) is 24.0 Å². The zero-order chi connectivity index (χ0) is 20.0. The molecule has 0 radical (unpaired) electrons. The largest absolute Gasteiger partial charge is 0.506 e. The number of hydrogen-bond donors (Lipinski definition) is 4. The smallest absolute Gasteiger partial charge is 0.229 e. The quantitative estimate of drug-likeness (QED) is 0.485. The fourth-order valence-corrected chi connectivity index (χ4v) is 3.23. The van der Waals surface area contributed by atoms with Crippen LogP contribution in [0.25, 0.3) is 0 Å². The number of rotatable bonds is 9. The summed E-state index contributed by atoms with van der Waals surface area (Å²) < 4.78 is 29.9. The van der Waals surface area contributed by atoms with Gasteiger partial charge in [-0.2, -0.15) is 0 Å². The molecule has 27 heavy (non-hydrogen) atoms. The average Bonchev–Trinajstić information content (AvgIpc) is 2.62. The van der Waals surface area contributed by atoms with Gasteiger partial charge in [0, 0.05) is 6.04 Å². The van der Waals surface area contributed by atoms with E-state index in [1.165, 1.54) is 12.1 Å². The molecule has 0 aliphatic rings. The van der Waals surface area contributed by atoms with Gasteiger partial charge in [0.15, 0.2) is 0 Å². The van der Waals surface area contributed by atoms with Gasteiger partial charge < -0.3 is 20.3 Å². The first kappa shape index (κ1) is 21.0. The van der Waals surface area contributed by atoms with Crippen LogP contribution in [-0.2, 0) is 16.4 Å². The summed E-state index contributed by atoms with van der Waals surface area (Å²) in [5.74, 6) is 0.575. The zero-order valence-corrected chi connectivity index (χ0v) is 16.5. The molecule has 7 nitrogen and oxygen atoms in total. The van der Waals surface area contributed by atoms with E-state index in [1.807, 2.05) is 31.2 Å². The van der Waals surface area contributed by atoms with Crippen LogP contribution in [0.15, 0.2) is 42.5 Å². The first-order valence-electron chi connectivity index (χ1n) is 8.54. The molecule has 148 valence electrons. The first-order chi connectivity index (χ1) is 12.7. The normalized spacial score (nSPS) is 13.8. The number of hydrogen-bond acceptors (Lipinski definition) is 6. The van der Waals surface area contributed by atoms with Gasteiger partial charge in [-0.25, -0.2) is 8.42 Å². The lowest BCUT2D eigenvalue weighted by atomic mass is 10.0. The zero-order valence-electron chi connectivity index (χ0n) is 15.6. The molecule has 0 amide bonds. The van der Waals surface area contributed by atoms with Crippen molar-refractivity contribution >= 4 is 15.7 Å². The highest BCUT2D eigenvalue weighted by Gasteiger charge is 2.18. The van der Waals surface area contributed by atoms with E-state index in [1.54, 1.807) is 13.2 Å². The summed E-state index contributed by atoms with van der Waals surface area (Å²) in [4.78, 5) is 0. The van der Waals surface area contributed by atoms with Crippen LogP contribution in [0.3, 0.4) is 0 Å².